The molecule has 0 saturated heterocycles. The van der Waals surface area contributed by atoms with Crippen LogP contribution in [0.4, 0.5) is 0 Å². The monoisotopic (exact) mass is 429 g/mol. The summed E-state index contributed by atoms with van der Waals surface area (Å²) in [6, 6.07) is 19.7. The van der Waals surface area contributed by atoms with Crippen molar-refractivity contribution in [2.45, 2.75) is 30.9 Å². The van der Waals surface area contributed by atoms with E-state index in [0.717, 1.165) is 23.5 Å². The molecular weight excluding hydrogens is 406 g/mol. The fraction of sp³-hybridized carbons (Fsp3) is 0.200. The predicted octanol–water partition coefficient (Wildman–Crippen LogP) is 5.19. The third-order valence-electron chi connectivity index (χ3n) is 5.42. The number of fused-ring (bicyclic) bond motifs is 2. The first-order chi connectivity index (χ1) is 15.2. The predicted molar refractivity (Wildman–Crippen MR) is 123 cm³/mol. The molecule has 2 aromatic carbocycles. The topological polar surface area (TPSA) is 55.6 Å². The molecule has 0 bridgehead atoms. The molecule has 0 saturated carbocycles. The summed E-state index contributed by atoms with van der Waals surface area (Å²) in [6.07, 6.45) is 4.96. The van der Waals surface area contributed by atoms with Crippen LogP contribution in [-0.4, -0.2) is 21.0 Å². The van der Waals surface area contributed by atoms with Gasteiger partial charge in [-0.05, 0) is 60.9 Å². The molecule has 0 spiro atoms. The first kappa shape index (κ1) is 19.7. The van der Waals surface area contributed by atoms with Crippen molar-refractivity contribution < 1.29 is 9.53 Å². The van der Waals surface area contributed by atoms with Crippen LogP contribution in [-0.2, 0) is 6.61 Å². The number of nitrogens with one attached hydrogen (secondary N) is 1. The summed E-state index contributed by atoms with van der Waals surface area (Å²) in [5, 5.41) is 3.18. The molecule has 1 aliphatic rings. The van der Waals surface area contributed by atoms with Crippen LogP contribution in [0.5, 0.6) is 5.75 Å². The Balaban J connectivity index is 1.22. The number of thioether (sulfide) groups is 1. The van der Waals surface area contributed by atoms with Crippen LogP contribution in [0.3, 0.4) is 0 Å². The summed E-state index contributed by atoms with van der Waals surface area (Å²) in [6.45, 7) is 2.43. The number of pyridine rings is 1. The van der Waals surface area contributed by atoms with E-state index in [2.05, 4.69) is 29.4 Å². The van der Waals surface area contributed by atoms with Crippen LogP contribution < -0.4 is 10.1 Å². The maximum absolute atomic E-state index is 12.8. The van der Waals surface area contributed by atoms with E-state index in [1.165, 1.54) is 16.0 Å². The molecule has 6 heteroatoms. The number of hydrogen-bond donors (Lipinski definition) is 1. The van der Waals surface area contributed by atoms with Crippen LogP contribution in [0.1, 0.15) is 39.6 Å². The molecule has 0 unspecified atom stereocenters. The summed E-state index contributed by atoms with van der Waals surface area (Å²) in [4.78, 5) is 18.6. The summed E-state index contributed by atoms with van der Waals surface area (Å²) < 4.78 is 7.88. The number of aryl methyl sites for hydroxylation is 1. The van der Waals surface area contributed by atoms with Crippen molar-refractivity contribution in [2.24, 2.45) is 0 Å². The highest BCUT2D eigenvalue weighted by Gasteiger charge is 2.22. The van der Waals surface area contributed by atoms with Crippen molar-refractivity contribution in [1.82, 2.24) is 14.7 Å². The van der Waals surface area contributed by atoms with Crippen molar-refractivity contribution in [2.75, 3.05) is 5.75 Å². The Bertz CT molecular complexity index is 1230. The molecule has 4 aromatic rings. The van der Waals surface area contributed by atoms with Gasteiger partial charge in [0, 0.05) is 28.6 Å². The second-order valence-corrected chi connectivity index (χ2v) is 8.85. The third kappa shape index (κ3) is 4.30. The fourth-order valence-electron chi connectivity index (χ4n) is 3.82. The number of rotatable bonds is 5. The van der Waals surface area contributed by atoms with Gasteiger partial charge in [0.05, 0.1) is 11.7 Å². The number of ether oxygens (including phenoxy) is 1. The molecule has 1 aliphatic heterocycles. The van der Waals surface area contributed by atoms with Gasteiger partial charge in [0.1, 0.15) is 18.0 Å². The van der Waals surface area contributed by atoms with E-state index < -0.39 is 0 Å². The molecular formula is C25H23N3O2S. The molecule has 0 fully saturated rings. The number of carbonyl (C=O) groups is 1. The summed E-state index contributed by atoms with van der Waals surface area (Å²) in [5.41, 5.74) is 4.78. The van der Waals surface area contributed by atoms with Gasteiger partial charge in [-0.3, -0.25) is 4.79 Å². The molecule has 3 heterocycles. The highest BCUT2D eigenvalue weighted by atomic mass is 32.2. The first-order valence-electron chi connectivity index (χ1n) is 10.4. The van der Waals surface area contributed by atoms with E-state index in [4.69, 9.17) is 4.74 Å². The van der Waals surface area contributed by atoms with Crippen molar-refractivity contribution in [3.63, 3.8) is 0 Å². The minimum atomic E-state index is -0.0611. The number of hydrogen-bond acceptors (Lipinski definition) is 4. The van der Waals surface area contributed by atoms with Crippen LogP contribution in [0.2, 0.25) is 0 Å². The average molecular weight is 430 g/mol. The Morgan fingerprint density at radius 3 is 2.84 bits per heavy atom. The minimum absolute atomic E-state index is 0.0551. The van der Waals surface area contributed by atoms with Crippen LogP contribution >= 0.6 is 11.8 Å². The van der Waals surface area contributed by atoms with Crippen molar-refractivity contribution in [3.05, 3.63) is 95.4 Å². The summed E-state index contributed by atoms with van der Waals surface area (Å²) in [5.74, 6) is 1.66. The highest BCUT2D eigenvalue weighted by Crippen LogP contribution is 2.35. The van der Waals surface area contributed by atoms with Crippen molar-refractivity contribution in [1.29, 1.82) is 0 Å². The maximum Gasteiger partial charge on any atom is 0.251 e. The SMILES string of the molecule is Cc1ccc2nc(COc3ccc(C(=O)N[C@H]4CCSc5ccccc54)cc3)cn2c1. The van der Waals surface area contributed by atoms with Crippen molar-refractivity contribution in [3.8, 4) is 5.75 Å². The van der Waals surface area contributed by atoms with Gasteiger partial charge in [0.2, 0.25) is 0 Å². The Labute approximate surface area is 185 Å². The second kappa shape index (κ2) is 8.47. The fourth-order valence-corrected chi connectivity index (χ4v) is 4.94. The van der Waals surface area contributed by atoms with Gasteiger partial charge in [-0.2, -0.15) is 0 Å². The van der Waals surface area contributed by atoms with E-state index in [1.807, 2.05) is 65.0 Å². The number of nitrogens with zero attached hydrogens (tertiary/aromatic N) is 2. The van der Waals surface area contributed by atoms with Gasteiger partial charge in [0.25, 0.3) is 5.91 Å². The zero-order valence-corrected chi connectivity index (χ0v) is 18.1. The maximum atomic E-state index is 12.8. The van der Waals surface area contributed by atoms with Crippen LogP contribution in [0.25, 0.3) is 5.65 Å². The highest BCUT2D eigenvalue weighted by molar-refractivity contribution is 7.99. The van der Waals surface area contributed by atoms with Gasteiger partial charge in [-0.25, -0.2) is 4.98 Å². The quantitative estimate of drug-likeness (QED) is 0.474. The molecule has 5 nitrogen and oxygen atoms in total. The number of aromatic nitrogens is 2. The number of amides is 1. The Morgan fingerprint density at radius 1 is 1.13 bits per heavy atom. The van der Waals surface area contributed by atoms with Gasteiger partial charge < -0.3 is 14.5 Å². The number of carbonyl (C=O) groups excluding carboxylic acids is 1. The van der Waals surface area contributed by atoms with E-state index in [0.29, 0.717) is 17.9 Å². The lowest BCUT2D eigenvalue weighted by Gasteiger charge is -2.25. The average Bonchev–Trinajstić information content (AvgIpc) is 3.20. The van der Waals surface area contributed by atoms with E-state index in [1.54, 1.807) is 12.1 Å². The normalized spacial score (nSPS) is 15.5. The zero-order chi connectivity index (χ0) is 21.2. The van der Waals surface area contributed by atoms with Crippen molar-refractivity contribution >= 4 is 23.3 Å². The summed E-state index contributed by atoms with van der Waals surface area (Å²) in [7, 11) is 0. The molecule has 156 valence electrons. The van der Waals surface area contributed by atoms with E-state index in [9.17, 15) is 4.79 Å². The van der Waals surface area contributed by atoms with Gasteiger partial charge in [0.15, 0.2) is 0 Å². The van der Waals surface area contributed by atoms with Gasteiger partial charge in [-0.1, -0.05) is 24.3 Å². The molecule has 1 amide bonds. The smallest absolute Gasteiger partial charge is 0.251 e. The number of imidazole rings is 1. The lowest BCUT2D eigenvalue weighted by Crippen LogP contribution is -2.30. The lowest BCUT2D eigenvalue weighted by atomic mass is 10.0. The molecule has 0 radical (unpaired) electrons. The first-order valence-corrected chi connectivity index (χ1v) is 11.3. The summed E-state index contributed by atoms with van der Waals surface area (Å²) >= 11 is 1.85. The van der Waals surface area contributed by atoms with E-state index in [-0.39, 0.29) is 11.9 Å². The molecule has 31 heavy (non-hydrogen) atoms. The van der Waals surface area contributed by atoms with Gasteiger partial charge in [-0.15, -0.1) is 11.8 Å². The van der Waals surface area contributed by atoms with Crippen LogP contribution in [0.15, 0.2) is 78.0 Å². The molecule has 1 atom stereocenters. The molecule has 1 N–H and O–H groups in total. The number of benzene rings is 2. The second-order valence-electron chi connectivity index (χ2n) is 7.72. The largest absolute Gasteiger partial charge is 0.487 e. The lowest BCUT2D eigenvalue weighted by molar-refractivity contribution is 0.0935. The Kier molecular flexibility index (Phi) is 5.38. The van der Waals surface area contributed by atoms with E-state index >= 15 is 0 Å². The minimum Gasteiger partial charge on any atom is -0.487 e. The standard InChI is InChI=1S/C25H23N3O2S/c1-17-6-11-24-26-19(15-28(24)14-17)16-30-20-9-7-18(8-10-20)25(29)27-22-12-13-31-23-5-3-2-4-21(22)23/h2-11,14-15,22H,12-13,16H2,1H3,(H,27,29)/t22-/m0/s1. The van der Waals surface area contributed by atoms with Gasteiger partial charge >= 0.3 is 0 Å². The Hall–Kier alpha value is -3.25. The molecule has 0 aliphatic carbocycles. The molecule has 2 aromatic heterocycles. The van der Waals surface area contributed by atoms with Crippen LogP contribution in [0, 0.1) is 6.92 Å². The molecule has 5 rings (SSSR count). The third-order valence-corrected chi connectivity index (χ3v) is 6.54. The Morgan fingerprint density at radius 2 is 1.97 bits per heavy atom. The zero-order valence-electron chi connectivity index (χ0n) is 17.2.